The monoisotopic (exact) mass is 107 g/mol. The first-order valence-corrected chi connectivity index (χ1v) is 2.29. The molecule has 1 aliphatic heterocycles. The zero-order chi connectivity index (χ0) is 5.28. The van der Waals surface area contributed by atoms with Crippen LogP contribution in [0.25, 0.3) is 0 Å². The average Bonchev–Trinajstić information content (AvgIpc) is 2.17. The van der Waals surface area contributed by atoms with E-state index in [0.717, 1.165) is 13.1 Å². The SMILES string of the molecule is FC(F)CN1CC1. The third-order valence-corrected chi connectivity index (χ3v) is 0.936. The van der Waals surface area contributed by atoms with Crippen molar-refractivity contribution in [3.8, 4) is 0 Å². The van der Waals surface area contributed by atoms with Crippen molar-refractivity contribution in [1.82, 2.24) is 4.90 Å². The van der Waals surface area contributed by atoms with Gasteiger partial charge in [0.15, 0.2) is 0 Å². The molecule has 0 aliphatic carbocycles. The van der Waals surface area contributed by atoms with E-state index in [1.165, 1.54) is 0 Å². The Balaban J connectivity index is 1.97. The Morgan fingerprint density at radius 2 is 2.00 bits per heavy atom. The first-order chi connectivity index (χ1) is 3.29. The first kappa shape index (κ1) is 4.97. The van der Waals surface area contributed by atoms with Gasteiger partial charge in [0.1, 0.15) is 0 Å². The van der Waals surface area contributed by atoms with Crippen LogP contribution in [-0.2, 0) is 0 Å². The van der Waals surface area contributed by atoms with Crippen LogP contribution in [0.15, 0.2) is 0 Å². The van der Waals surface area contributed by atoms with E-state index < -0.39 is 6.43 Å². The summed E-state index contributed by atoms with van der Waals surface area (Å²) in [7, 11) is 0. The Hall–Kier alpha value is -0.180. The van der Waals surface area contributed by atoms with Crippen LogP contribution < -0.4 is 0 Å². The molecule has 0 aromatic heterocycles. The van der Waals surface area contributed by atoms with E-state index in [0.29, 0.717) is 0 Å². The minimum absolute atomic E-state index is 0.0278. The molecule has 0 aromatic rings. The van der Waals surface area contributed by atoms with Crippen molar-refractivity contribution in [3.63, 3.8) is 0 Å². The average molecular weight is 107 g/mol. The fourth-order valence-corrected chi connectivity index (χ4v) is 0.448. The maximum absolute atomic E-state index is 11.3. The highest BCUT2D eigenvalue weighted by atomic mass is 19.3. The molecule has 0 saturated carbocycles. The molecule has 0 spiro atoms. The summed E-state index contributed by atoms with van der Waals surface area (Å²) < 4.78 is 22.6. The highest BCUT2D eigenvalue weighted by molar-refractivity contribution is 4.72. The van der Waals surface area contributed by atoms with Crippen LogP contribution >= 0.6 is 0 Å². The molecule has 1 fully saturated rings. The summed E-state index contributed by atoms with van der Waals surface area (Å²) in [5.41, 5.74) is 0. The lowest BCUT2D eigenvalue weighted by atomic mass is 10.7. The van der Waals surface area contributed by atoms with Gasteiger partial charge in [-0.1, -0.05) is 0 Å². The van der Waals surface area contributed by atoms with Gasteiger partial charge in [0.05, 0.1) is 6.54 Å². The number of hydrogen-bond acceptors (Lipinski definition) is 1. The summed E-state index contributed by atoms with van der Waals surface area (Å²) in [5, 5.41) is 0. The van der Waals surface area contributed by atoms with Gasteiger partial charge < -0.3 is 0 Å². The van der Waals surface area contributed by atoms with Gasteiger partial charge in [-0.25, -0.2) is 8.78 Å². The van der Waals surface area contributed by atoms with E-state index in [4.69, 9.17) is 0 Å². The summed E-state index contributed by atoms with van der Waals surface area (Å²) in [6, 6.07) is 0. The molecule has 7 heavy (non-hydrogen) atoms. The summed E-state index contributed by atoms with van der Waals surface area (Å²) in [5.74, 6) is 0. The van der Waals surface area contributed by atoms with Gasteiger partial charge >= 0.3 is 0 Å². The quantitative estimate of drug-likeness (QED) is 0.466. The van der Waals surface area contributed by atoms with Crippen LogP contribution in [0.4, 0.5) is 8.78 Å². The van der Waals surface area contributed by atoms with Crippen LogP contribution in [-0.4, -0.2) is 31.0 Å². The zero-order valence-corrected chi connectivity index (χ0v) is 3.90. The fourth-order valence-electron chi connectivity index (χ4n) is 0.448. The number of alkyl halides is 2. The Kier molecular flexibility index (Phi) is 1.23. The lowest BCUT2D eigenvalue weighted by molar-refractivity contribution is 0.128. The van der Waals surface area contributed by atoms with Crippen molar-refractivity contribution >= 4 is 0 Å². The number of halogens is 2. The minimum Gasteiger partial charge on any atom is -0.295 e. The summed E-state index contributed by atoms with van der Waals surface area (Å²) in [4.78, 5) is 1.70. The van der Waals surface area contributed by atoms with Crippen molar-refractivity contribution in [2.45, 2.75) is 6.43 Å². The summed E-state index contributed by atoms with van der Waals surface area (Å²) in [6.45, 7) is 1.70. The Morgan fingerprint density at radius 3 is 2.14 bits per heavy atom. The van der Waals surface area contributed by atoms with E-state index in [-0.39, 0.29) is 6.54 Å². The molecule has 42 valence electrons. The number of hydrogen-bond donors (Lipinski definition) is 0. The maximum atomic E-state index is 11.3. The molecule has 1 rings (SSSR count). The molecule has 3 heteroatoms. The van der Waals surface area contributed by atoms with E-state index in [9.17, 15) is 8.78 Å². The second-order valence-corrected chi connectivity index (χ2v) is 1.69. The van der Waals surface area contributed by atoms with Crippen molar-refractivity contribution in [1.29, 1.82) is 0 Å². The predicted molar refractivity (Wildman–Crippen MR) is 22.4 cm³/mol. The minimum atomic E-state index is -2.14. The van der Waals surface area contributed by atoms with Crippen molar-refractivity contribution in [3.05, 3.63) is 0 Å². The smallest absolute Gasteiger partial charge is 0.251 e. The van der Waals surface area contributed by atoms with Crippen LogP contribution in [0.1, 0.15) is 0 Å². The van der Waals surface area contributed by atoms with E-state index >= 15 is 0 Å². The number of rotatable bonds is 2. The topological polar surface area (TPSA) is 3.01 Å². The Labute approximate surface area is 40.9 Å². The van der Waals surface area contributed by atoms with Gasteiger partial charge in [0.25, 0.3) is 6.43 Å². The summed E-state index contributed by atoms with van der Waals surface area (Å²) >= 11 is 0. The molecule has 0 unspecified atom stereocenters. The molecular weight excluding hydrogens is 100 g/mol. The van der Waals surface area contributed by atoms with Gasteiger partial charge in [-0.05, 0) is 0 Å². The maximum Gasteiger partial charge on any atom is 0.251 e. The highest BCUT2D eigenvalue weighted by Gasteiger charge is 2.20. The second-order valence-electron chi connectivity index (χ2n) is 1.69. The van der Waals surface area contributed by atoms with Gasteiger partial charge in [0.2, 0.25) is 0 Å². The van der Waals surface area contributed by atoms with Crippen LogP contribution in [0.5, 0.6) is 0 Å². The van der Waals surface area contributed by atoms with Gasteiger partial charge in [0, 0.05) is 13.1 Å². The highest BCUT2D eigenvalue weighted by Crippen LogP contribution is 2.06. The first-order valence-electron chi connectivity index (χ1n) is 2.29. The predicted octanol–water partition coefficient (Wildman–Crippen LogP) is 0.567. The molecule has 0 radical (unpaired) electrons. The van der Waals surface area contributed by atoms with Crippen LogP contribution in [0.3, 0.4) is 0 Å². The van der Waals surface area contributed by atoms with E-state index in [1.807, 2.05) is 0 Å². The molecule has 1 saturated heterocycles. The third-order valence-electron chi connectivity index (χ3n) is 0.936. The largest absolute Gasteiger partial charge is 0.295 e. The molecule has 0 aromatic carbocycles. The Morgan fingerprint density at radius 1 is 1.43 bits per heavy atom. The van der Waals surface area contributed by atoms with E-state index in [2.05, 4.69) is 0 Å². The molecular formula is C4H7F2N. The van der Waals surface area contributed by atoms with E-state index in [1.54, 1.807) is 4.90 Å². The van der Waals surface area contributed by atoms with Crippen molar-refractivity contribution < 1.29 is 8.78 Å². The van der Waals surface area contributed by atoms with Gasteiger partial charge in [-0.15, -0.1) is 0 Å². The molecule has 0 atom stereocenters. The lowest BCUT2D eigenvalue weighted by Gasteiger charge is -1.94. The molecule has 0 bridgehead atoms. The molecule has 1 aliphatic rings. The number of nitrogens with zero attached hydrogens (tertiary/aromatic N) is 1. The van der Waals surface area contributed by atoms with Gasteiger partial charge in [-0.3, -0.25) is 4.90 Å². The van der Waals surface area contributed by atoms with Crippen molar-refractivity contribution in [2.24, 2.45) is 0 Å². The lowest BCUT2D eigenvalue weighted by Crippen LogP contribution is -2.08. The molecule has 1 heterocycles. The molecule has 1 nitrogen and oxygen atoms in total. The summed E-state index contributed by atoms with van der Waals surface area (Å²) in [6.07, 6.45) is -2.14. The van der Waals surface area contributed by atoms with Gasteiger partial charge in [-0.2, -0.15) is 0 Å². The normalized spacial score (nSPS) is 21.0. The molecule has 0 amide bonds. The molecule has 0 N–H and O–H groups in total. The fraction of sp³-hybridized carbons (Fsp3) is 1.00. The Bertz CT molecular complexity index is 60.7. The van der Waals surface area contributed by atoms with Crippen molar-refractivity contribution in [2.75, 3.05) is 19.6 Å². The zero-order valence-electron chi connectivity index (χ0n) is 3.90. The van der Waals surface area contributed by atoms with Crippen LogP contribution in [0, 0.1) is 0 Å². The van der Waals surface area contributed by atoms with Crippen LogP contribution in [0.2, 0.25) is 0 Å². The standard InChI is InChI=1S/C4H7F2N/c5-4(6)3-7-1-2-7/h4H,1-3H2. The second kappa shape index (κ2) is 1.74. The third kappa shape index (κ3) is 1.83.